The molecule has 4 heteroatoms. The Morgan fingerprint density at radius 2 is 2.11 bits per heavy atom. The summed E-state index contributed by atoms with van der Waals surface area (Å²) < 4.78 is 5.17. The van der Waals surface area contributed by atoms with Gasteiger partial charge < -0.3 is 15.0 Å². The van der Waals surface area contributed by atoms with Crippen molar-refractivity contribution in [3.63, 3.8) is 0 Å². The first-order valence-electron chi connectivity index (χ1n) is 6.96. The van der Waals surface area contributed by atoms with E-state index in [2.05, 4.69) is 30.1 Å². The van der Waals surface area contributed by atoms with Crippen molar-refractivity contribution in [3.05, 3.63) is 28.8 Å². The van der Waals surface area contributed by atoms with Crippen LogP contribution in [-0.2, 0) is 11.3 Å². The first kappa shape index (κ1) is 16.3. The Hall–Kier alpha value is -0.770. The van der Waals surface area contributed by atoms with Crippen molar-refractivity contribution >= 4 is 17.3 Å². The molecule has 0 amide bonds. The van der Waals surface area contributed by atoms with Crippen molar-refractivity contribution in [2.24, 2.45) is 0 Å². The summed E-state index contributed by atoms with van der Waals surface area (Å²) in [7, 11) is 1.73. The third-order valence-corrected chi connectivity index (χ3v) is 3.38. The number of hydrogen-bond acceptors (Lipinski definition) is 3. The number of nitrogens with one attached hydrogen (secondary N) is 1. The number of likely N-dealkylation sites (N-methyl/N-ethyl adjacent to an activating group) is 1. The van der Waals surface area contributed by atoms with Crippen LogP contribution in [0.3, 0.4) is 0 Å². The smallest absolute Gasteiger partial charge is 0.0642 e. The Morgan fingerprint density at radius 3 is 2.74 bits per heavy atom. The van der Waals surface area contributed by atoms with Gasteiger partial charge in [-0.1, -0.05) is 30.7 Å². The lowest BCUT2D eigenvalue weighted by atomic mass is 10.1. The highest BCUT2D eigenvalue weighted by Crippen LogP contribution is 2.29. The summed E-state index contributed by atoms with van der Waals surface area (Å²) in [6.07, 6.45) is 1.14. The van der Waals surface area contributed by atoms with Gasteiger partial charge >= 0.3 is 0 Å². The van der Waals surface area contributed by atoms with Crippen LogP contribution in [0, 0.1) is 0 Å². The van der Waals surface area contributed by atoms with Crippen molar-refractivity contribution in [3.8, 4) is 0 Å². The number of anilines is 1. The van der Waals surface area contributed by atoms with Gasteiger partial charge in [-0.2, -0.15) is 0 Å². The average Bonchev–Trinajstić information content (AvgIpc) is 2.42. The van der Waals surface area contributed by atoms with Gasteiger partial charge in [-0.3, -0.25) is 0 Å². The maximum Gasteiger partial charge on any atom is 0.0642 e. The Kier molecular flexibility index (Phi) is 7.87. The van der Waals surface area contributed by atoms with Crippen LogP contribution in [0.25, 0.3) is 0 Å². The van der Waals surface area contributed by atoms with E-state index in [9.17, 15) is 0 Å². The molecule has 0 aliphatic heterocycles. The maximum atomic E-state index is 6.38. The molecule has 108 valence electrons. The van der Waals surface area contributed by atoms with Gasteiger partial charge in [-0.15, -0.1) is 0 Å². The van der Waals surface area contributed by atoms with Gasteiger partial charge in [0.25, 0.3) is 0 Å². The van der Waals surface area contributed by atoms with E-state index in [-0.39, 0.29) is 0 Å². The van der Waals surface area contributed by atoms with Crippen LogP contribution >= 0.6 is 11.6 Å². The molecule has 1 rings (SSSR count). The minimum Gasteiger partial charge on any atom is -0.383 e. The van der Waals surface area contributed by atoms with Crippen LogP contribution < -0.4 is 10.2 Å². The number of nitrogens with zero attached hydrogens (tertiary/aromatic N) is 1. The van der Waals surface area contributed by atoms with Gasteiger partial charge in [0.05, 0.1) is 17.3 Å². The maximum absolute atomic E-state index is 6.38. The monoisotopic (exact) mass is 284 g/mol. The number of methoxy groups -OCH3 is 1. The minimum absolute atomic E-state index is 0.709. The van der Waals surface area contributed by atoms with Gasteiger partial charge in [0.1, 0.15) is 0 Å². The van der Waals surface area contributed by atoms with Crippen molar-refractivity contribution in [1.82, 2.24) is 5.32 Å². The predicted octanol–water partition coefficient (Wildman–Crippen LogP) is 3.31. The Morgan fingerprint density at radius 1 is 1.32 bits per heavy atom. The Balaban J connectivity index is 2.88. The molecule has 0 bridgehead atoms. The zero-order valence-electron chi connectivity index (χ0n) is 12.2. The van der Waals surface area contributed by atoms with Crippen LogP contribution in [0.2, 0.25) is 5.02 Å². The second-order valence-corrected chi connectivity index (χ2v) is 4.90. The van der Waals surface area contributed by atoms with E-state index in [0.29, 0.717) is 6.61 Å². The summed E-state index contributed by atoms with van der Waals surface area (Å²) >= 11 is 6.38. The van der Waals surface area contributed by atoms with E-state index >= 15 is 0 Å². The third kappa shape index (κ3) is 5.01. The largest absolute Gasteiger partial charge is 0.383 e. The molecule has 0 saturated heterocycles. The summed E-state index contributed by atoms with van der Waals surface area (Å²) in [4.78, 5) is 2.27. The topological polar surface area (TPSA) is 24.5 Å². The van der Waals surface area contributed by atoms with Crippen LogP contribution in [0.15, 0.2) is 18.2 Å². The third-order valence-electron chi connectivity index (χ3n) is 3.08. The fourth-order valence-electron chi connectivity index (χ4n) is 2.09. The summed E-state index contributed by atoms with van der Waals surface area (Å²) in [5, 5.41) is 4.25. The number of hydrogen-bond donors (Lipinski definition) is 1. The molecule has 19 heavy (non-hydrogen) atoms. The van der Waals surface area contributed by atoms with Crippen LogP contribution in [0.1, 0.15) is 25.8 Å². The fourth-order valence-corrected chi connectivity index (χ4v) is 2.40. The molecular formula is C15H25ClN2O. The van der Waals surface area contributed by atoms with Crippen molar-refractivity contribution in [2.45, 2.75) is 26.8 Å². The van der Waals surface area contributed by atoms with E-state index in [1.165, 1.54) is 5.56 Å². The SMILES string of the molecule is CCCNCc1cccc(Cl)c1N(CC)CCOC. The number of halogens is 1. The highest BCUT2D eigenvalue weighted by Gasteiger charge is 2.13. The second kappa shape index (κ2) is 9.18. The van der Waals surface area contributed by atoms with Crippen LogP contribution in [0.5, 0.6) is 0 Å². The highest BCUT2D eigenvalue weighted by atomic mass is 35.5. The van der Waals surface area contributed by atoms with E-state index < -0.39 is 0 Å². The summed E-state index contributed by atoms with van der Waals surface area (Å²) in [6, 6.07) is 6.11. The van der Waals surface area contributed by atoms with E-state index in [1.807, 2.05) is 12.1 Å². The van der Waals surface area contributed by atoms with E-state index in [4.69, 9.17) is 16.3 Å². The fraction of sp³-hybridized carbons (Fsp3) is 0.600. The van der Waals surface area contributed by atoms with E-state index in [1.54, 1.807) is 7.11 Å². The quantitative estimate of drug-likeness (QED) is 0.704. The Bertz CT molecular complexity index is 371. The number of rotatable bonds is 9. The van der Waals surface area contributed by atoms with Gasteiger partial charge in [-0.25, -0.2) is 0 Å². The summed E-state index contributed by atoms with van der Waals surface area (Å²) in [5.74, 6) is 0. The highest BCUT2D eigenvalue weighted by molar-refractivity contribution is 6.33. The second-order valence-electron chi connectivity index (χ2n) is 4.50. The van der Waals surface area contributed by atoms with Crippen molar-refractivity contribution in [2.75, 3.05) is 38.3 Å². The van der Waals surface area contributed by atoms with E-state index in [0.717, 1.165) is 43.3 Å². The normalized spacial score (nSPS) is 10.7. The number of benzene rings is 1. The molecule has 0 saturated carbocycles. The van der Waals surface area contributed by atoms with Crippen molar-refractivity contribution < 1.29 is 4.74 Å². The standard InChI is InChI=1S/C15H25ClN2O/c1-4-9-17-12-13-7-6-8-14(16)15(13)18(5-2)10-11-19-3/h6-8,17H,4-5,9-12H2,1-3H3. The van der Waals surface area contributed by atoms with Crippen LogP contribution in [-0.4, -0.2) is 33.4 Å². The molecule has 0 heterocycles. The molecular weight excluding hydrogens is 260 g/mol. The van der Waals surface area contributed by atoms with Gasteiger partial charge in [0.2, 0.25) is 0 Å². The molecule has 0 aromatic heterocycles. The predicted molar refractivity (Wildman–Crippen MR) is 83.2 cm³/mol. The minimum atomic E-state index is 0.709. The lowest BCUT2D eigenvalue weighted by Crippen LogP contribution is -2.29. The Labute approximate surface area is 121 Å². The molecule has 0 spiro atoms. The number of para-hydroxylation sites is 1. The van der Waals surface area contributed by atoms with Gasteiger partial charge in [-0.05, 0) is 31.5 Å². The van der Waals surface area contributed by atoms with Crippen LogP contribution in [0.4, 0.5) is 5.69 Å². The average molecular weight is 285 g/mol. The zero-order valence-corrected chi connectivity index (χ0v) is 13.0. The molecule has 1 N–H and O–H groups in total. The molecule has 0 radical (unpaired) electrons. The van der Waals surface area contributed by atoms with Gasteiger partial charge in [0, 0.05) is 26.7 Å². The molecule has 0 fully saturated rings. The zero-order chi connectivity index (χ0) is 14.1. The lowest BCUT2D eigenvalue weighted by molar-refractivity contribution is 0.205. The molecule has 0 unspecified atom stereocenters. The van der Waals surface area contributed by atoms with Gasteiger partial charge in [0.15, 0.2) is 0 Å². The molecule has 1 aromatic rings. The first-order valence-corrected chi connectivity index (χ1v) is 7.34. The lowest BCUT2D eigenvalue weighted by Gasteiger charge is -2.26. The number of ether oxygens (including phenoxy) is 1. The molecule has 0 atom stereocenters. The first-order chi connectivity index (χ1) is 9.24. The molecule has 1 aromatic carbocycles. The van der Waals surface area contributed by atoms with Crippen molar-refractivity contribution in [1.29, 1.82) is 0 Å². The summed E-state index contributed by atoms with van der Waals surface area (Å²) in [5.41, 5.74) is 2.38. The summed E-state index contributed by atoms with van der Waals surface area (Å²) in [6.45, 7) is 8.68. The molecule has 3 nitrogen and oxygen atoms in total. The molecule has 0 aliphatic rings. The molecule has 0 aliphatic carbocycles.